The largest absolute Gasteiger partial charge is 0.383 e. The van der Waals surface area contributed by atoms with E-state index in [1.54, 1.807) is 30.3 Å². The average molecular weight is 315 g/mol. The fourth-order valence-corrected chi connectivity index (χ4v) is 2.42. The minimum absolute atomic E-state index is 0.0195. The van der Waals surface area contributed by atoms with Crippen LogP contribution in [0.25, 0.3) is 22.4 Å². The summed E-state index contributed by atoms with van der Waals surface area (Å²) >= 11 is 0. The quantitative estimate of drug-likeness (QED) is 0.782. The van der Waals surface area contributed by atoms with Crippen LogP contribution in [0.3, 0.4) is 0 Å². The molecule has 0 atom stereocenters. The van der Waals surface area contributed by atoms with Crippen LogP contribution in [-0.2, 0) is 0 Å². The number of nitrogens with zero attached hydrogens (tertiary/aromatic N) is 4. The summed E-state index contributed by atoms with van der Waals surface area (Å²) in [6.07, 6.45) is 2.93. The number of nitrogen functional groups attached to an aromatic ring is 1. The first-order valence-electron chi connectivity index (χ1n) is 6.95. The molecule has 0 unspecified atom stereocenters. The van der Waals surface area contributed by atoms with Crippen LogP contribution in [0, 0.1) is 28.5 Å². The topological polar surface area (TPSA) is 99.4 Å². The molecular weight excluding hydrogens is 305 g/mol. The van der Waals surface area contributed by atoms with Crippen molar-refractivity contribution in [2.75, 3.05) is 5.73 Å². The van der Waals surface area contributed by atoms with Crippen molar-refractivity contribution in [3.05, 3.63) is 65.7 Å². The van der Waals surface area contributed by atoms with Crippen molar-refractivity contribution in [1.29, 1.82) is 10.5 Å². The third kappa shape index (κ3) is 2.53. The number of hydrogen-bond donors (Lipinski definition) is 1. The molecule has 0 spiro atoms. The molecule has 0 fully saturated rings. The van der Waals surface area contributed by atoms with E-state index in [9.17, 15) is 14.9 Å². The zero-order valence-electron chi connectivity index (χ0n) is 12.4. The van der Waals surface area contributed by atoms with Gasteiger partial charge < -0.3 is 5.73 Å². The van der Waals surface area contributed by atoms with Gasteiger partial charge in [-0.1, -0.05) is 18.2 Å². The zero-order chi connectivity index (χ0) is 17.1. The molecule has 0 bridgehead atoms. The van der Waals surface area contributed by atoms with Gasteiger partial charge in [-0.15, -0.1) is 0 Å². The molecule has 0 saturated carbocycles. The maximum Gasteiger partial charge on any atom is 0.142 e. The van der Waals surface area contributed by atoms with Gasteiger partial charge >= 0.3 is 0 Å². The van der Waals surface area contributed by atoms with Crippen LogP contribution < -0.4 is 5.73 Å². The Morgan fingerprint density at radius 3 is 2.50 bits per heavy atom. The van der Waals surface area contributed by atoms with Crippen LogP contribution in [-0.4, -0.2) is 9.97 Å². The SMILES string of the molecule is N#Cc1cnccc1-c1cc(-c2ccccc2F)c(C#N)c(N)n1. The molecule has 2 heterocycles. The summed E-state index contributed by atoms with van der Waals surface area (Å²) in [5.74, 6) is -0.491. The maximum atomic E-state index is 14.2. The number of pyridine rings is 2. The van der Waals surface area contributed by atoms with E-state index in [1.165, 1.54) is 18.5 Å². The predicted octanol–water partition coefficient (Wildman–Crippen LogP) is 3.28. The van der Waals surface area contributed by atoms with E-state index in [4.69, 9.17) is 5.73 Å². The highest BCUT2D eigenvalue weighted by Gasteiger charge is 2.17. The molecule has 5 nitrogen and oxygen atoms in total. The molecule has 0 saturated heterocycles. The Hall–Kier alpha value is -3.77. The molecule has 24 heavy (non-hydrogen) atoms. The first kappa shape index (κ1) is 15.1. The van der Waals surface area contributed by atoms with Gasteiger partial charge in [0.1, 0.15) is 29.3 Å². The average Bonchev–Trinajstić information content (AvgIpc) is 2.61. The predicted molar refractivity (Wildman–Crippen MR) is 86.7 cm³/mol. The van der Waals surface area contributed by atoms with E-state index in [0.717, 1.165) is 0 Å². The van der Waals surface area contributed by atoms with Gasteiger partial charge in [-0.2, -0.15) is 10.5 Å². The highest BCUT2D eigenvalue weighted by atomic mass is 19.1. The van der Waals surface area contributed by atoms with E-state index in [2.05, 4.69) is 9.97 Å². The standard InChI is InChI=1S/C18H10FN5/c19-16-4-2-1-3-13(16)14-7-17(24-18(22)15(14)9-21)12-5-6-23-10-11(12)8-20/h1-7,10H,(H2,22,24). The molecule has 0 amide bonds. The molecule has 3 aromatic rings. The number of benzene rings is 1. The number of rotatable bonds is 2. The van der Waals surface area contributed by atoms with Gasteiger partial charge in [0.25, 0.3) is 0 Å². The Morgan fingerprint density at radius 2 is 1.79 bits per heavy atom. The number of halogens is 1. The van der Waals surface area contributed by atoms with Crippen molar-refractivity contribution in [1.82, 2.24) is 9.97 Å². The van der Waals surface area contributed by atoms with Crippen LogP contribution >= 0.6 is 0 Å². The molecule has 1 aromatic carbocycles. The van der Waals surface area contributed by atoms with Gasteiger partial charge in [0.05, 0.1) is 11.3 Å². The number of nitrogens with two attached hydrogens (primary N) is 1. The molecule has 0 aliphatic heterocycles. The molecule has 2 aromatic heterocycles. The van der Waals surface area contributed by atoms with E-state index in [0.29, 0.717) is 22.4 Å². The van der Waals surface area contributed by atoms with Crippen LogP contribution in [0.2, 0.25) is 0 Å². The normalized spacial score (nSPS) is 9.96. The second-order valence-corrected chi connectivity index (χ2v) is 4.94. The van der Waals surface area contributed by atoms with E-state index < -0.39 is 5.82 Å². The first-order chi connectivity index (χ1) is 11.7. The minimum Gasteiger partial charge on any atom is -0.383 e. The Balaban J connectivity index is 2.32. The van der Waals surface area contributed by atoms with Gasteiger partial charge in [-0.05, 0) is 18.2 Å². The highest BCUT2D eigenvalue weighted by molar-refractivity contribution is 5.81. The lowest BCUT2D eigenvalue weighted by molar-refractivity contribution is 0.631. The van der Waals surface area contributed by atoms with Gasteiger partial charge in [0.15, 0.2) is 0 Å². The third-order valence-corrected chi connectivity index (χ3v) is 3.54. The van der Waals surface area contributed by atoms with Crippen molar-refractivity contribution < 1.29 is 4.39 Å². The summed E-state index contributed by atoms with van der Waals surface area (Å²) < 4.78 is 14.2. The molecule has 2 N–H and O–H groups in total. The number of aromatic nitrogens is 2. The van der Waals surface area contributed by atoms with Crippen molar-refractivity contribution in [3.63, 3.8) is 0 Å². The number of hydrogen-bond acceptors (Lipinski definition) is 5. The fraction of sp³-hybridized carbons (Fsp3) is 0. The van der Waals surface area contributed by atoms with Crippen molar-refractivity contribution in [2.24, 2.45) is 0 Å². The lowest BCUT2D eigenvalue weighted by Gasteiger charge is -2.11. The van der Waals surface area contributed by atoms with Crippen LogP contribution in [0.5, 0.6) is 0 Å². The summed E-state index contributed by atoms with van der Waals surface area (Å²) in [4.78, 5) is 8.09. The lowest BCUT2D eigenvalue weighted by Crippen LogP contribution is -2.01. The fourth-order valence-electron chi connectivity index (χ4n) is 2.42. The molecule has 0 aliphatic carbocycles. The molecular formula is C18H10FN5. The zero-order valence-corrected chi connectivity index (χ0v) is 12.4. The first-order valence-corrected chi connectivity index (χ1v) is 6.95. The van der Waals surface area contributed by atoms with Gasteiger partial charge in [-0.3, -0.25) is 4.98 Å². The van der Waals surface area contributed by atoms with Crippen molar-refractivity contribution in [3.8, 4) is 34.5 Å². The maximum absolute atomic E-state index is 14.2. The van der Waals surface area contributed by atoms with E-state index in [1.807, 2.05) is 12.1 Å². The van der Waals surface area contributed by atoms with Gasteiger partial charge in [0, 0.05) is 29.1 Å². The highest BCUT2D eigenvalue weighted by Crippen LogP contribution is 2.33. The van der Waals surface area contributed by atoms with Crippen molar-refractivity contribution >= 4 is 5.82 Å². The Bertz CT molecular complexity index is 1010. The monoisotopic (exact) mass is 315 g/mol. The summed E-state index contributed by atoms with van der Waals surface area (Å²) in [5, 5.41) is 18.6. The lowest BCUT2D eigenvalue weighted by atomic mass is 9.97. The smallest absolute Gasteiger partial charge is 0.142 e. The van der Waals surface area contributed by atoms with E-state index in [-0.39, 0.29) is 16.9 Å². The van der Waals surface area contributed by atoms with Crippen molar-refractivity contribution in [2.45, 2.75) is 0 Å². The summed E-state index contributed by atoms with van der Waals surface area (Å²) in [6, 6.07) is 13.3. The summed E-state index contributed by atoms with van der Waals surface area (Å²) in [7, 11) is 0. The Labute approximate surface area is 137 Å². The second kappa shape index (κ2) is 6.15. The molecule has 3 rings (SSSR count). The summed E-state index contributed by atoms with van der Waals surface area (Å²) in [6.45, 7) is 0. The van der Waals surface area contributed by atoms with Gasteiger partial charge in [0.2, 0.25) is 0 Å². The summed E-state index contributed by atoms with van der Waals surface area (Å²) in [5.41, 5.74) is 7.77. The molecule has 114 valence electrons. The van der Waals surface area contributed by atoms with Crippen LogP contribution in [0.4, 0.5) is 10.2 Å². The number of nitriles is 2. The molecule has 0 radical (unpaired) electrons. The number of anilines is 1. The molecule has 6 heteroatoms. The molecule has 0 aliphatic rings. The van der Waals surface area contributed by atoms with Crippen LogP contribution in [0.15, 0.2) is 48.8 Å². The third-order valence-electron chi connectivity index (χ3n) is 3.54. The Morgan fingerprint density at radius 1 is 1.00 bits per heavy atom. The second-order valence-electron chi connectivity index (χ2n) is 4.94. The van der Waals surface area contributed by atoms with Crippen LogP contribution in [0.1, 0.15) is 11.1 Å². The van der Waals surface area contributed by atoms with E-state index >= 15 is 0 Å². The Kier molecular flexibility index (Phi) is 3.88. The van der Waals surface area contributed by atoms with Gasteiger partial charge in [-0.25, -0.2) is 9.37 Å². The minimum atomic E-state index is -0.471.